The van der Waals surface area contributed by atoms with Crippen LogP contribution in [0.2, 0.25) is 0 Å². The van der Waals surface area contributed by atoms with E-state index >= 15 is 0 Å². The minimum Gasteiger partial charge on any atom is -0.459 e. The first-order valence-corrected chi connectivity index (χ1v) is 6.17. The standard InChI is InChI=1S/C13H25NO2/c1-12(2,3)11(15)16-13(4,5)10-7-6-8-14-9-10/h10,14H,6-9H2,1-5H3/t10-/m0/s1. The van der Waals surface area contributed by atoms with E-state index in [9.17, 15) is 4.79 Å². The molecule has 0 unspecified atom stereocenters. The number of esters is 1. The highest BCUT2D eigenvalue weighted by atomic mass is 16.6. The summed E-state index contributed by atoms with van der Waals surface area (Å²) >= 11 is 0. The van der Waals surface area contributed by atoms with Gasteiger partial charge in [0.25, 0.3) is 0 Å². The van der Waals surface area contributed by atoms with Gasteiger partial charge in [0.15, 0.2) is 0 Å². The number of nitrogens with one attached hydrogen (secondary N) is 1. The third kappa shape index (κ3) is 3.48. The molecule has 0 aliphatic carbocycles. The van der Waals surface area contributed by atoms with Crippen LogP contribution >= 0.6 is 0 Å². The molecule has 1 aliphatic heterocycles. The number of piperidine rings is 1. The van der Waals surface area contributed by atoms with Crippen LogP contribution in [0, 0.1) is 11.3 Å². The van der Waals surface area contributed by atoms with Gasteiger partial charge >= 0.3 is 5.97 Å². The SMILES string of the molecule is CC(C)(C)C(=O)OC(C)(C)[C@H]1CCCNC1. The summed E-state index contributed by atoms with van der Waals surface area (Å²) in [6.45, 7) is 11.8. The van der Waals surface area contributed by atoms with Crippen molar-refractivity contribution in [3.8, 4) is 0 Å². The predicted molar refractivity (Wildman–Crippen MR) is 65.2 cm³/mol. The first-order chi connectivity index (χ1) is 7.23. The van der Waals surface area contributed by atoms with Gasteiger partial charge in [-0.05, 0) is 54.0 Å². The van der Waals surface area contributed by atoms with Crippen molar-refractivity contribution in [2.45, 2.75) is 53.1 Å². The zero-order valence-electron chi connectivity index (χ0n) is 11.2. The Hall–Kier alpha value is -0.570. The van der Waals surface area contributed by atoms with Crippen molar-refractivity contribution in [2.75, 3.05) is 13.1 Å². The van der Waals surface area contributed by atoms with Gasteiger partial charge in [-0.3, -0.25) is 4.79 Å². The van der Waals surface area contributed by atoms with Gasteiger partial charge in [0, 0.05) is 12.5 Å². The molecule has 0 amide bonds. The third-order valence-electron chi connectivity index (χ3n) is 3.25. The summed E-state index contributed by atoms with van der Waals surface area (Å²) in [5.74, 6) is 0.315. The van der Waals surface area contributed by atoms with Crippen LogP contribution in [0.4, 0.5) is 0 Å². The highest BCUT2D eigenvalue weighted by molar-refractivity contribution is 5.75. The van der Waals surface area contributed by atoms with Crippen LogP contribution in [0.3, 0.4) is 0 Å². The number of ether oxygens (including phenoxy) is 1. The van der Waals surface area contributed by atoms with Gasteiger partial charge in [-0.2, -0.15) is 0 Å². The molecule has 1 atom stereocenters. The van der Waals surface area contributed by atoms with Crippen molar-refractivity contribution in [2.24, 2.45) is 11.3 Å². The zero-order valence-corrected chi connectivity index (χ0v) is 11.2. The van der Waals surface area contributed by atoms with Crippen molar-refractivity contribution < 1.29 is 9.53 Å². The Morgan fingerprint density at radius 3 is 2.31 bits per heavy atom. The number of carbonyl (C=O) groups excluding carboxylic acids is 1. The summed E-state index contributed by atoms with van der Waals surface area (Å²) in [4.78, 5) is 11.9. The lowest BCUT2D eigenvalue weighted by molar-refractivity contribution is -0.172. The van der Waals surface area contributed by atoms with E-state index in [0.717, 1.165) is 19.5 Å². The van der Waals surface area contributed by atoms with Crippen molar-refractivity contribution in [1.82, 2.24) is 5.32 Å². The molecule has 0 saturated carbocycles. The fourth-order valence-corrected chi connectivity index (χ4v) is 1.92. The lowest BCUT2D eigenvalue weighted by Crippen LogP contribution is -2.46. The number of hydrogen-bond donors (Lipinski definition) is 1. The Morgan fingerprint density at radius 2 is 1.88 bits per heavy atom. The molecule has 1 rings (SSSR count). The van der Waals surface area contributed by atoms with Crippen LogP contribution in [0.25, 0.3) is 0 Å². The maximum absolute atomic E-state index is 11.9. The average molecular weight is 227 g/mol. The average Bonchev–Trinajstić information content (AvgIpc) is 2.17. The lowest BCUT2D eigenvalue weighted by Gasteiger charge is -2.38. The van der Waals surface area contributed by atoms with Crippen LogP contribution in [0.1, 0.15) is 47.5 Å². The van der Waals surface area contributed by atoms with Gasteiger partial charge in [-0.15, -0.1) is 0 Å². The summed E-state index contributed by atoms with van der Waals surface area (Å²) in [5, 5.41) is 3.36. The Balaban J connectivity index is 2.59. The van der Waals surface area contributed by atoms with Gasteiger partial charge in [-0.25, -0.2) is 0 Å². The van der Waals surface area contributed by atoms with Crippen molar-refractivity contribution in [3.63, 3.8) is 0 Å². The smallest absolute Gasteiger partial charge is 0.311 e. The Kier molecular flexibility index (Phi) is 4.00. The first-order valence-electron chi connectivity index (χ1n) is 6.17. The van der Waals surface area contributed by atoms with Gasteiger partial charge in [0.05, 0.1) is 5.41 Å². The van der Waals surface area contributed by atoms with Crippen molar-refractivity contribution in [1.29, 1.82) is 0 Å². The predicted octanol–water partition coefficient (Wildman–Crippen LogP) is 2.35. The van der Waals surface area contributed by atoms with E-state index in [1.165, 1.54) is 6.42 Å². The fourth-order valence-electron chi connectivity index (χ4n) is 1.92. The molecule has 0 aromatic carbocycles. The molecule has 1 aliphatic rings. The summed E-state index contributed by atoms with van der Waals surface area (Å²) in [5.41, 5.74) is -0.781. The molecule has 0 bridgehead atoms. The fraction of sp³-hybridized carbons (Fsp3) is 0.923. The first kappa shape index (κ1) is 13.5. The van der Waals surface area contributed by atoms with Crippen LogP contribution in [0.15, 0.2) is 0 Å². The van der Waals surface area contributed by atoms with E-state index in [-0.39, 0.29) is 11.6 Å². The van der Waals surface area contributed by atoms with E-state index in [2.05, 4.69) is 5.32 Å². The molecule has 0 spiro atoms. The van der Waals surface area contributed by atoms with Gasteiger partial charge in [-0.1, -0.05) is 0 Å². The monoisotopic (exact) mass is 227 g/mol. The normalized spacial score (nSPS) is 22.9. The van der Waals surface area contributed by atoms with Crippen LogP contribution < -0.4 is 5.32 Å². The van der Waals surface area contributed by atoms with Gasteiger partial charge < -0.3 is 10.1 Å². The molecule has 0 aromatic rings. The molecule has 0 aromatic heterocycles. The minimum atomic E-state index is -0.417. The summed E-state index contributed by atoms with van der Waals surface area (Å²) in [6.07, 6.45) is 2.30. The molecular formula is C13H25NO2. The summed E-state index contributed by atoms with van der Waals surface area (Å²) < 4.78 is 5.66. The molecule has 3 nitrogen and oxygen atoms in total. The summed E-state index contributed by atoms with van der Waals surface area (Å²) in [6, 6.07) is 0. The van der Waals surface area contributed by atoms with E-state index in [4.69, 9.17) is 4.74 Å². The number of carbonyl (C=O) groups is 1. The van der Waals surface area contributed by atoms with Crippen molar-refractivity contribution in [3.05, 3.63) is 0 Å². The number of rotatable bonds is 2. The highest BCUT2D eigenvalue weighted by Crippen LogP contribution is 2.30. The molecule has 0 radical (unpaired) electrons. The second kappa shape index (κ2) is 4.74. The Morgan fingerprint density at radius 1 is 1.25 bits per heavy atom. The topological polar surface area (TPSA) is 38.3 Å². The molecular weight excluding hydrogens is 202 g/mol. The summed E-state index contributed by atoms with van der Waals surface area (Å²) in [7, 11) is 0. The van der Waals surface area contributed by atoms with Crippen LogP contribution in [-0.4, -0.2) is 24.7 Å². The van der Waals surface area contributed by atoms with E-state index < -0.39 is 5.41 Å². The molecule has 94 valence electrons. The molecule has 1 saturated heterocycles. The van der Waals surface area contributed by atoms with Crippen LogP contribution in [-0.2, 0) is 9.53 Å². The van der Waals surface area contributed by atoms with Crippen LogP contribution in [0.5, 0.6) is 0 Å². The lowest BCUT2D eigenvalue weighted by atomic mass is 9.84. The second-order valence-electron chi connectivity index (χ2n) is 6.29. The highest BCUT2D eigenvalue weighted by Gasteiger charge is 2.37. The number of hydrogen-bond acceptors (Lipinski definition) is 3. The maximum atomic E-state index is 11.9. The zero-order chi connectivity index (χ0) is 12.4. The molecule has 1 fully saturated rings. The molecule has 1 N–H and O–H groups in total. The van der Waals surface area contributed by atoms with Gasteiger partial charge in [0.2, 0.25) is 0 Å². The maximum Gasteiger partial charge on any atom is 0.311 e. The molecule has 16 heavy (non-hydrogen) atoms. The van der Waals surface area contributed by atoms with Gasteiger partial charge in [0.1, 0.15) is 5.60 Å². The quantitative estimate of drug-likeness (QED) is 0.736. The molecule has 1 heterocycles. The van der Waals surface area contributed by atoms with E-state index in [0.29, 0.717) is 5.92 Å². The van der Waals surface area contributed by atoms with E-state index in [1.807, 2.05) is 34.6 Å². The van der Waals surface area contributed by atoms with E-state index in [1.54, 1.807) is 0 Å². The molecule has 3 heteroatoms. The Labute approximate surface area is 98.9 Å². The minimum absolute atomic E-state index is 0.108. The largest absolute Gasteiger partial charge is 0.459 e. The van der Waals surface area contributed by atoms with Crippen molar-refractivity contribution >= 4 is 5.97 Å². The second-order valence-corrected chi connectivity index (χ2v) is 6.29. The Bertz CT molecular complexity index is 247. The third-order valence-corrected chi connectivity index (χ3v) is 3.25.